The van der Waals surface area contributed by atoms with Crippen LogP contribution in [0.5, 0.6) is 34.5 Å². The normalized spacial score (nSPS) is 13.1. The van der Waals surface area contributed by atoms with Crippen LogP contribution in [0.1, 0.15) is 33.2 Å². The van der Waals surface area contributed by atoms with Gasteiger partial charge in [-0.05, 0) is 55.0 Å². The number of allylic oxidation sites excluding steroid dienone is 1. The monoisotopic (exact) mass is 476 g/mol. The molecule has 8 heteroatoms. The second-order valence-electron chi connectivity index (χ2n) is 7.40. The Balaban J connectivity index is 1.53. The molecule has 0 atom stereocenters. The van der Waals surface area contributed by atoms with Gasteiger partial charge in [-0.3, -0.25) is 4.79 Å². The number of benzene rings is 3. The van der Waals surface area contributed by atoms with Crippen LogP contribution < -0.4 is 28.4 Å². The number of hydrogen-bond acceptors (Lipinski definition) is 8. The van der Waals surface area contributed by atoms with E-state index in [1.165, 1.54) is 45.6 Å². The predicted octanol–water partition coefficient (Wildman–Crippen LogP) is 4.95. The maximum atomic E-state index is 12.8. The molecule has 0 amide bonds. The van der Waals surface area contributed by atoms with E-state index in [4.69, 9.17) is 28.4 Å². The number of carbonyl (C=O) groups excluding carboxylic acids is 2. The van der Waals surface area contributed by atoms with Gasteiger partial charge in [0.2, 0.25) is 11.5 Å². The third-order valence-electron chi connectivity index (χ3n) is 5.24. The standard InChI is InChI=1S/C27H24O8/c1-5-33-18-8-6-16(7-9-18)12-22-25(28)20-11-10-19(15-21(20)35-22)34-27(29)17-13-23(30-2)26(32-4)24(14-17)31-3/h6-15H,5H2,1-4H3. The van der Waals surface area contributed by atoms with Crippen molar-refractivity contribution in [2.45, 2.75) is 6.92 Å². The number of Topliss-reactive ketones (excluding diaryl/α,β-unsaturated/α-hetero) is 1. The van der Waals surface area contributed by atoms with Crippen molar-refractivity contribution in [2.24, 2.45) is 0 Å². The van der Waals surface area contributed by atoms with Crippen molar-refractivity contribution in [1.82, 2.24) is 0 Å². The van der Waals surface area contributed by atoms with Crippen LogP contribution in [0.3, 0.4) is 0 Å². The molecule has 1 aliphatic heterocycles. The molecule has 0 aliphatic carbocycles. The molecule has 0 saturated carbocycles. The molecule has 8 nitrogen and oxygen atoms in total. The highest BCUT2D eigenvalue weighted by Gasteiger charge is 2.28. The van der Waals surface area contributed by atoms with E-state index in [0.29, 0.717) is 35.2 Å². The van der Waals surface area contributed by atoms with Crippen molar-refractivity contribution >= 4 is 17.8 Å². The lowest BCUT2D eigenvalue weighted by Crippen LogP contribution is -2.09. The van der Waals surface area contributed by atoms with Gasteiger partial charge in [-0.15, -0.1) is 0 Å². The number of carbonyl (C=O) groups is 2. The number of esters is 1. The molecule has 0 aromatic heterocycles. The number of rotatable bonds is 8. The Labute approximate surface area is 202 Å². The van der Waals surface area contributed by atoms with Crippen LogP contribution in [0, 0.1) is 0 Å². The molecule has 1 aliphatic rings. The first-order valence-electron chi connectivity index (χ1n) is 10.8. The number of ketones is 1. The Hall–Kier alpha value is -4.46. The van der Waals surface area contributed by atoms with Gasteiger partial charge < -0.3 is 28.4 Å². The smallest absolute Gasteiger partial charge is 0.343 e. The van der Waals surface area contributed by atoms with Crippen molar-refractivity contribution in [3.8, 4) is 34.5 Å². The summed E-state index contributed by atoms with van der Waals surface area (Å²) in [6, 6.07) is 14.9. The Kier molecular flexibility index (Phi) is 6.91. The SMILES string of the molecule is CCOc1ccc(C=C2Oc3cc(OC(=O)c4cc(OC)c(OC)c(OC)c4)ccc3C2=O)cc1. The molecule has 0 bridgehead atoms. The molecule has 0 spiro atoms. The summed E-state index contributed by atoms with van der Waals surface area (Å²) in [5.74, 6) is 1.57. The topological polar surface area (TPSA) is 89.5 Å². The lowest BCUT2D eigenvalue weighted by Gasteiger charge is -2.13. The van der Waals surface area contributed by atoms with Crippen molar-refractivity contribution in [1.29, 1.82) is 0 Å². The fraction of sp³-hybridized carbons (Fsp3) is 0.185. The van der Waals surface area contributed by atoms with E-state index >= 15 is 0 Å². The zero-order valence-corrected chi connectivity index (χ0v) is 19.7. The molecule has 3 aromatic carbocycles. The van der Waals surface area contributed by atoms with Crippen LogP contribution in [0.4, 0.5) is 0 Å². The molecule has 3 aromatic rings. The van der Waals surface area contributed by atoms with Gasteiger partial charge in [0.05, 0.1) is 39.1 Å². The van der Waals surface area contributed by atoms with E-state index < -0.39 is 5.97 Å². The summed E-state index contributed by atoms with van der Waals surface area (Å²) in [5.41, 5.74) is 1.38. The van der Waals surface area contributed by atoms with E-state index in [9.17, 15) is 9.59 Å². The molecule has 0 saturated heterocycles. The Bertz CT molecular complexity index is 1270. The summed E-state index contributed by atoms with van der Waals surface area (Å²) in [6.07, 6.45) is 1.65. The van der Waals surface area contributed by atoms with Crippen LogP contribution in [0.2, 0.25) is 0 Å². The average molecular weight is 476 g/mol. The first-order chi connectivity index (χ1) is 17.0. The fourth-order valence-electron chi connectivity index (χ4n) is 3.57. The van der Waals surface area contributed by atoms with E-state index in [2.05, 4.69) is 0 Å². The third kappa shape index (κ3) is 4.91. The summed E-state index contributed by atoms with van der Waals surface area (Å²) in [5, 5.41) is 0. The molecule has 1 heterocycles. The maximum Gasteiger partial charge on any atom is 0.343 e. The van der Waals surface area contributed by atoms with E-state index in [0.717, 1.165) is 11.3 Å². The van der Waals surface area contributed by atoms with Crippen LogP contribution in [-0.4, -0.2) is 39.7 Å². The largest absolute Gasteiger partial charge is 0.494 e. The van der Waals surface area contributed by atoms with Crippen molar-refractivity contribution in [3.05, 3.63) is 77.0 Å². The van der Waals surface area contributed by atoms with Gasteiger partial charge in [-0.2, -0.15) is 0 Å². The van der Waals surface area contributed by atoms with Gasteiger partial charge in [0.1, 0.15) is 17.2 Å². The van der Waals surface area contributed by atoms with Crippen LogP contribution in [-0.2, 0) is 0 Å². The molecule has 0 N–H and O–H groups in total. The first kappa shape index (κ1) is 23.7. The Morgan fingerprint density at radius 2 is 1.54 bits per heavy atom. The summed E-state index contributed by atoms with van der Waals surface area (Å²) >= 11 is 0. The van der Waals surface area contributed by atoms with Crippen molar-refractivity contribution in [3.63, 3.8) is 0 Å². The van der Waals surface area contributed by atoms with Gasteiger partial charge in [-0.1, -0.05) is 12.1 Å². The summed E-state index contributed by atoms with van der Waals surface area (Å²) in [6.45, 7) is 2.48. The minimum absolute atomic E-state index is 0.178. The minimum atomic E-state index is -0.640. The van der Waals surface area contributed by atoms with Crippen LogP contribution >= 0.6 is 0 Å². The van der Waals surface area contributed by atoms with Crippen molar-refractivity contribution in [2.75, 3.05) is 27.9 Å². The van der Waals surface area contributed by atoms with Gasteiger partial charge in [-0.25, -0.2) is 4.79 Å². The number of ether oxygens (including phenoxy) is 6. The molecule has 0 unspecified atom stereocenters. The average Bonchev–Trinajstić information content (AvgIpc) is 3.18. The summed E-state index contributed by atoms with van der Waals surface area (Å²) < 4.78 is 32.6. The zero-order chi connectivity index (χ0) is 24.9. The minimum Gasteiger partial charge on any atom is -0.494 e. The predicted molar refractivity (Wildman–Crippen MR) is 128 cm³/mol. The molecule has 35 heavy (non-hydrogen) atoms. The molecule has 0 radical (unpaired) electrons. The lowest BCUT2D eigenvalue weighted by molar-refractivity contribution is 0.0733. The second-order valence-corrected chi connectivity index (χ2v) is 7.40. The first-order valence-corrected chi connectivity index (χ1v) is 10.8. The fourth-order valence-corrected chi connectivity index (χ4v) is 3.57. The highest BCUT2D eigenvalue weighted by Crippen LogP contribution is 2.39. The van der Waals surface area contributed by atoms with Gasteiger partial charge in [0.15, 0.2) is 17.3 Å². The highest BCUT2D eigenvalue weighted by molar-refractivity contribution is 6.14. The van der Waals surface area contributed by atoms with E-state index in [-0.39, 0.29) is 22.9 Å². The molecule has 4 rings (SSSR count). The van der Waals surface area contributed by atoms with Gasteiger partial charge in [0, 0.05) is 6.07 Å². The molecule has 0 fully saturated rings. The van der Waals surface area contributed by atoms with Crippen LogP contribution in [0.25, 0.3) is 6.08 Å². The van der Waals surface area contributed by atoms with Gasteiger partial charge in [0.25, 0.3) is 0 Å². The Morgan fingerprint density at radius 3 is 2.14 bits per heavy atom. The molecular weight excluding hydrogens is 452 g/mol. The number of fused-ring (bicyclic) bond motifs is 1. The zero-order valence-electron chi connectivity index (χ0n) is 19.7. The van der Waals surface area contributed by atoms with Gasteiger partial charge >= 0.3 is 5.97 Å². The highest BCUT2D eigenvalue weighted by atomic mass is 16.5. The molecular formula is C27H24O8. The molecule has 180 valence electrons. The maximum absolute atomic E-state index is 12.8. The quantitative estimate of drug-likeness (QED) is 0.256. The lowest BCUT2D eigenvalue weighted by atomic mass is 10.1. The van der Waals surface area contributed by atoms with E-state index in [1.54, 1.807) is 12.1 Å². The second kappa shape index (κ2) is 10.2. The van der Waals surface area contributed by atoms with Crippen molar-refractivity contribution < 1.29 is 38.0 Å². The number of methoxy groups -OCH3 is 3. The summed E-state index contributed by atoms with van der Waals surface area (Å²) in [4.78, 5) is 25.6. The van der Waals surface area contributed by atoms with Crippen LogP contribution in [0.15, 0.2) is 60.4 Å². The summed E-state index contributed by atoms with van der Waals surface area (Å²) in [7, 11) is 4.39. The van der Waals surface area contributed by atoms with E-state index in [1.807, 2.05) is 31.2 Å². The third-order valence-corrected chi connectivity index (χ3v) is 5.24. The Morgan fingerprint density at radius 1 is 0.886 bits per heavy atom. The number of hydrogen-bond donors (Lipinski definition) is 0.